The van der Waals surface area contributed by atoms with Gasteiger partial charge < -0.3 is 9.94 Å². The first-order valence-electron chi connectivity index (χ1n) is 9.26. The minimum atomic E-state index is -2.50. The summed E-state index contributed by atoms with van der Waals surface area (Å²) < 4.78 is 24.9. The average molecular weight is 405 g/mol. The number of aromatic amines is 1. The third-order valence-corrected chi connectivity index (χ3v) is 5.97. The van der Waals surface area contributed by atoms with Gasteiger partial charge in [-0.3, -0.25) is 14.3 Å². The average Bonchev–Trinajstić information content (AvgIpc) is 3.30. The number of carbonyl (C=O) groups excluding carboxylic acids is 1. The van der Waals surface area contributed by atoms with Crippen molar-refractivity contribution in [3.8, 4) is 0 Å². The second-order valence-corrected chi connectivity index (χ2v) is 7.85. The van der Waals surface area contributed by atoms with Gasteiger partial charge >= 0.3 is 0 Å². The zero-order valence-electron chi connectivity index (χ0n) is 16.1. The lowest BCUT2D eigenvalue weighted by molar-refractivity contribution is 0.103. The van der Waals surface area contributed by atoms with Crippen molar-refractivity contribution in [3.63, 3.8) is 0 Å². The summed E-state index contributed by atoms with van der Waals surface area (Å²) in [5.41, 5.74) is 1.92. The van der Waals surface area contributed by atoms with Crippen molar-refractivity contribution in [2.45, 2.75) is 39.5 Å². The number of nitrogens with one attached hydrogen (secondary N) is 1. The Morgan fingerprint density at radius 3 is 2.71 bits per heavy atom. The van der Waals surface area contributed by atoms with Gasteiger partial charge in [-0.25, -0.2) is 0 Å². The molecule has 1 aliphatic heterocycles. The predicted octanol–water partition coefficient (Wildman–Crippen LogP) is 1.79. The summed E-state index contributed by atoms with van der Waals surface area (Å²) in [5.74, 6) is -0.920. The van der Waals surface area contributed by atoms with Gasteiger partial charge in [0.1, 0.15) is 12.2 Å². The molecule has 1 unspecified atom stereocenters. The Labute approximate surface area is 164 Å². The maximum Gasteiger partial charge on any atom is 0.277 e. The largest absolute Gasteiger partial charge is 0.395 e. The van der Waals surface area contributed by atoms with Crippen LogP contribution in [0.4, 0.5) is 0 Å². The molecule has 0 spiro atoms. The topological polar surface area (TPSA) is 111 Å². The van der Waals surface area contributed by atoms with E-state index in [9.17, 15) is 18.0 Å². The van der Waals surface area contributed by atoms with Gasteiger partial charge in [0.05, 0.1) is 10.6 Å². The van der Waals surface area contributed by atoms with Crippen molar-refractivity contribution in [1.29, 1.82) is 0 Å². The highest BCUT2D eigenvalue weighted by molar-refractivity contribution is 7.73. The van der Waals surface area contributed by atoms with Gasteiger partial charge in [0, 0.05) is 31.2 Å². The number of carbonyl (C=O) groups is 1. The van der Waals surface area contributed by atoms with E-state index in [-0.39, 0.29) is 16.0 Å². The molecular formula is C19H23N3O5S. The number of hydrogen-bond acceptors (Lipinski definition) is 6. The van der Waals surface area contributed by atoms with Crippen LogP contribution in [0.3, 0.4) is 0 Å². The Morgan fingerprint density at radius 1 is 1.43 bits per heavy atom. The molecule has 28 heavy (non-hydrogen) atoms. The van der Waals surface area contributed by atoms with Crippen LogP contribution >= 0.6 is 0 Å². The van der Waals surface area contributed by atoms with Gasteiger partial charge in [0.2, 0.25) is 16.1 Å². The van der Waals surface area contributed by atoms with E-state index in [0.29, 0.717) is 25.2 Å². The van der Waals surface area contributed by atoms with E-state index in [0.717, 1.165) is 24.0 Å². The third-order valence-electron chi connectivity index (χ3n) is 5.11. The van der Waals surface area contributed by atoms with Gasteiger partial charge in [0.15, 0.2) is 0 Å². The highest BCUT2D eigenvalue weighted by Crippen LogP contribution is 2.35. The second kappa shape index (κ2) is 8.14. The highest BCUT2D eigenvalue weighted by atomic mass is 32.2. The standard InChI is InChI=1S/C19H23N3O5S/c1-4-5-6-12-13(18(23)14-10-20-22(3)19(14)24)9-16(28(25)26)11(2)17(12)15-7-8-27-21-15/h9-11,20H,4-8H2,1-3H3. The van der Waals surface area contributed by atoms with Crippen molar-refractivity contribution in [3.05, 3.63) is 44.9 Å². The quantitative estimate of drug-likeness (QED) is 0.573. The summed E-state index contributed by atoms with van der Waals surface area (Å²) >= 11 is 0. The molecule has 150 valence electrons. The minimum Gasteiger partial charge on any atom is -0.395 e. The monoisotopic (exact) mass is 405 g/mol. The van der Waals surface area contributed by atoms with Crippen molar-refractivity contribution < 1.29 is 18.0 Å². The normalized spacial score (nSPS) is 19.4. The molecule has 0 bridgehead atoms. The Bertz CT molecular complexity index is 1090. The van der Waals surface area contributed by atoms with Crippen molar-refractivity contribution in [1.82, 2.24) is 9.78 Å². The third kappa shape index (κ3) is 3.54. The highest BCUT2D eigenvalue weighted by Gasteiger charge is 2.34. The summed E-state index contributed by atoms with van der Waals surface area (Å²) in [6.07, 6.45) is 5.65. The fraction of sp³-hybridized carbons (Fsp3) is 0.474. The fourth-order valence-electron chi connectivity index (χ4n) is 3.61. The summed E-state index contributed by atoms with van der Waals surface area (Å²) in [7, 11) is -0.982. The Balaban J connectivity index is 2.24. The van der Waals surface area contributed by atoms with Crippen LogP contribution in [0.15, 0.2) is 38.9 Å². The lowest BCUT2D eigenvalue weighted by Gasteiger charge is -2.26. The molecule has 1 aromatic heterocycles. The zero-order valence-corrected chi connectivity index (χ0v) is 16.9. The second-order valence-electron chi connectivity index (χ2n) is 6.91. The number of H-pyrrole nitrogens is 1. The lowest BCUT2D eigenvalue weighted by atomic mass is 9.77. The molecule has 2 heterocycles. The Kier molecular flexibility index (Phi) is 5.83. The summed E-state index contributed by atoms with van der Waals surface area (Å²) in [5, 5.41) is 6.78. The van der Waals surface area contributed by atoms with Crippen molar-refractivity contribution in [2.24, 2.45) is 18.1 Å². The maximum atomic E-state index is 13.2. The zero-order chi connectivity index (χ0) is 20.4. The number of rotatable bonds is 6. The number of aromatic nitrogens is 2. The molecule has 1 N–H and O–H groups in total. The fourth-order valence-corrected chi connectivity index (χ4v) is 4.23. The van der Waals surface area contributed by atoms with Crippen LogP contribution in [0, 0.1) is 5.92 Å². The first-order chi connectivity index (χ1) is 13.4. The lowest BCUT2D eigenvalue weighted by Crippen LogP contribution is -2.28. The first-order valence-corrected chi connectivity index (χ1v) is 10.3. The van der Waals surface area contributed by atoms with Crippen LogP contribution in [0.25, 0.3) is 0 Å². The van der Waals surface area contributed by atoms with Gasteiger partial charge in [-0.05, 0) is 30.1 Å². The van der Waals surface area contributed by atoms with Crippen LogP contribution in [-0.4, -0.2) is 41.2 Å². The molecule has 9 heteroatoms. The van der Waals surface area contributed by atoms with E-state index in [2.05, 4.69) is 10.3 Å². The number of allylic oxidation sites excluding steroid dienone is 4. The maximum absolute atomic E-state index is 13.2. The molecule has 1 aromatic rings. The van der Waals surface area contributed by atoms with E-state index in [1.807, 2.05) is 6.92 Å². The van der Waals surface area contributed by atoms with E-state index in [1.165, 1.54) is 24.0 Å². The van der Waals surface area contributed by atoms with Crippen LogP contribution in [-0.2, 0) is 22.2 Å². The number of hydrogen-bond donors (Lipinski definition) is 1. The van der Waals surface area contributed by atoms with Crippen LogP contribution < -0.4 is 5.56 Å². The van der Waals surface area contributed by atoms with Gasteiger partial charge in [-0.1, -0.05) is 25.4 Å². The summed E-state index contributed by atoms with van der Waals surface area (Å²) in [6, 6.07) is 0. The summed E-state index contributed by atoms with van der Waals surface area (Å²) in [4.78, 5) is 30.8. The first kappa shape index (κ1) is 20.1. The number of ketones is 1. The van der Waals surface area contributed by atoms with Crippen LogP contribution in [0.2, 0.25) is 0 Å². The molecule has 0 amide bonds. The Morgan fingerprint density at radius 2 is 2.18 bits per heavy atom. The molecule has 8 nitrogen and oxygen atoms in total. The Hall–Kier alpha value is -2.68. The number of oxime groups is 1. The molecular weight excluding hydrogens is 382 g/mol. The molecule has 1 atom stereocenters. The molecule has 0 aromatic carbocycles. The minimum absolute atomic E-state index is 0.0164. The smallest absolute Gasteiger partial charge is 0.277 e. The van der Waals surface area contributed by atoms with E-state index in [1.54, 1.807) is 6.92 Å². The summed E-state index contributed by atoms with van der Waals surface area (Å²) in [6.45, 7) is 4.26. The van der Waals surface area contributed by atoms with Gasteiger partial charge in [-0.2, -0.15) is 8.42 Å². The molecule has 0 radical (unpaired) electrons. The molecule has 0 saturated carbocycles. The number of unbranched alkanes of at least 4 members (excludes halogenated alkanes) is 1. The SMILES string of the molecule is CCCCC1=C(C2=NOCC2)C(C)C(=S(=O)=O)C=C1C(=O)c1c[nH]n(C)c1=O. The van der Waals surface area contributed by atoms with Gasteiger partial charge in [0.25, 0.3) is 5.56 Å². The predicted molar refractivity (Wildman–Crippen MR) is 106 cm³/mol. The van der Waals surface area contributed by atoms with Crippen LogP contribution in [0.5, 0.6) is 0 Å². The van der Waals surface area contributed by atoms with E-state index < -0.39 is 27.6 Å². The van der Waals surface area contributed by atoms with Crippen molar-refractivity contribution >= 4 is 26.7 Å². The van der Waals surface area contributed by atoms with Crippen molar-refractivity contribution in [2.75, 3.05) is 6.61 Å². The molecule has 2 aliphatic rings. The number of Topliss-reactive ketones (excluding diaryl/α,β-unsaturated/α-hetero) is 1. The van der Waals surface area contributed by atoms with Gasteiger partial charge in [-0.15, -0.1) is 0 Å². The van der Waals surface area contributed by atoms with Crippen LogP contribution in [0.1, 0.15) is 49.9 Å². The number of nitrogens with zero attached hydrogens (tertiary/aromatic N) is 2. The number of aryl methyl sites for hydroxylation is 1. The molecule has 3 rings (SSSR count). The molecule has 0 fully saturated rings. The van der Waals surface area contributed by atoms with E-state index in [4.69, 9.17) is 4.84 Å². The molecule has 0 saturated heterocycles. The van der Waals surface area contributed by atoms with E-state index >= 15 is 0 Å². The molecule has 1 aliphatic carbocycles.